The van der Waals surface area contributed by atoms with Crippen molar-refractivity contribution in [1.29, 1.82) is 0 Å². The second-order valence-corrected chi connectivity index (χ2v) is 3.78. The van der Waals surface area contributed by atoms with Gasteiger partial charge < -0.3 is 16.2 Å². The first-order chi connectivity index (χ1) is 5.77. The first-order valence-corrected chi connectivity index (χ1v) is 4.85. The average Bonchev–Trinajstić information content (AvgIpc) is 2.51. The zero-order valence-corrected chi connectivity index (χ0v) is 7.79. The number of aliphatic hydroxyl groups is 1. The van der Waals surface area contributed by atoms with E-state index in [-0.39, 0.29) is 12.6 Å². The number of hydrogen-bond acceptors (Lipinski definition) is 3. The van der Waals surface area contributed by atoms with Gasteiger partial charge >= 0.3 is 0 Å². The van der Waals surface area contributed by atoms with Gasteiger partial charge in [0, 0.05) is 12.1 Å². The van der Waals surface area contributed by atoms with Crippen LogP contribution in [0.4, 0.5) is 0 Å². The van der Waals surface area contributed by atoms with Crippen molar-refractivity contribution in [3.05, 3.63) is 0 Å². The molecule has 0 radical (unpaired) electrons. The smallest absolute Gasteiger partial charge is 0.0582 e. The van der Waals surface area contributed by atoms with Crippen LogP contribution in [0.15, 0.2) is 0 Å². The highest BCUT2D eigenvalue weighted by molar-refractivity contribution is 4.85. The van der Waals surface area contributed by atoms with Gasteiger partial charge in [0.1, 0.15) is 0 Å². The third-order valence-electron chi connectivity index (χ3n) is 2.73. The fourth-order valence-electron chi connectivity index (χ4n) is 1.96. The van der Waals surface area contributed by atoms with Crippen molar-refractivity contribution in [2.24, 2.45) is 11.7 Å². The molecule has 0 spiro atoms. The molecule has 12 heavy (non-hydrogen) atoms. The maximum atomic E-state index is 8.86. The Hall–Kier alpha value is -0.120. The minimum absolute atomic E-state index is 0.210. The minimum atomic E-state index is 0.210. The average molecular weight is 172 g/mol. The van der Waals surface area contributed by atoms with Crippen molar-refractivity contribution in [2.75, 3.05) is 13.2 Å². The Morgan fingerprint density at radius 2 is 2.33 bits per heavy atom. The maximum absolute atomic E-state index is 8.86. The van der Waals surface area contributed by atoms with Crippen molar-refractivity contribution in [1.82, 2.24) is 5.32 Å². The molecule has 0 aromatic rings. The lowest BCUT2D eigenvalue weighted by Gasteiger charge is -2.22. The van der Waals surface area contributed by atoms with Gasteiger partial charge in [-0.15, -0.1) is 0 Å². The molecule has 0 heterocycles. The summed E-state index contributed by atoms with van der Waals surface area (Å²) in [6.07, 6.45) is 3.73. The quantitative estimate of drug-likeness (QED) is 0.563. The standard InChI is InChI=1S/C9H20N2O/c1-7(6-12)11-9-4-2-3-8(9)5-10/h7-9,11-12H,2-6,10H2,1H3. The van der Waals surface area contributed by atoms with Gasteiger partial charge in [-0.2, -0.15) is 0 Å². The van der Waals surface area contributed by atoms with Crippen molar-refractivity contribution >= 4 is 0 Å². The molecule has 0 aliphatic heterocycles. The van der Waals surface area contributed by atoms with Crippen LogP contribution in [0, 0.1) is 5.92 Å². The third kappa shape index (κ3) is 2.44. The first kappa shape index (κ1) is 9.96. The zero-order valence-electron chi connectivity index (χ0n) is 7.79. The zero-order chi connectivity index (χ0) is 8.97. The van der Waals surface area contributed by atoms with Crippen LogP contribution < -0.4 is 11.1 Å². The van der Waals surface area contributed by atoms with Gasteiger partial charge in [-0.3, -0.25) is 0 Å². The fraction of sp³-hybridized carbons (Fsp3) is 1.00. The van der Waals surface area contributed by atoms with Crippen LogP contribution in [0.25, 0.3) is 0 Å². The molecule has 1 fully saturated rings. The molecule has 1 saturated carbocycles. The van der Waals surface area contributed by atoms with E-state index in [9.17, 15) is 0 Å². The number of nitrogens with one attached hydrogen (secondary N) is 1. The van der Waals surface area contributed by atoms with Gasteiger partial charge in [-0.05, 0) is 32.2 Å². The normalized spacial score (nSPS) is 32.2. The monoisotopic (exact) mass is 172 g/mol. The maximum Gasteiger partial charge on any atom is 0.0582 e. The molecule has 0 saturated heterocycles. The van der Waals surface area contributed by atoms with Crippen LogP contribution in [0.2, 0.25) is 0 Å². The van der Waals surface area contributed by atoms with E-state index in [0.29, 0.717) is 12.0 Å². The van der Waals surface area contributed by atoms with E-state index in [0.717, 1.165) is 6.54 Å². The molecule has 3 atom stereocenters. The Morgan fingerprint density at radius 3 is 2.92 bits per heavy atom. The lowest BCUT2D eigenvalue weighted by Crippen LogP contribution is -2.42. The molecule has 1 aliphatic rings. The van der Waals surface area contributed by atoms with E-state index >= 15 is 0 Å². The molecular weight excluding hydrogens is 152 g/mol. The van der Waals surface area contributed by atoms with Crippen LogP contribution in [-0.2, 0) is 0 Å². The Kier molecular flexibility index (Phi) is 3.98. The highest BCUT2D eigenvalue weighted by atomic mass is 16.3. The topological polar surface area (TPSA) is 58.3 Å². The van der Waals surface area contributed by atoms with Crippen LogP contribution in [-0.4, -0.2) is 30.3 Å². The molecule has 3 unspecified atom stereocenters. The molecule has 0 amide bonds. The Bertz CT molecular complexity index is 130. The molecule has 0 aromatic heterocycles. The van der Waals surface area contributed by atoms with Gasteiger partial charge in [0.15, 0.2) is 0 Å². The summed E-state index contributed by atoms with van der Waals surface area (Å²) < 4.78 is 0. The molecule has 3 heteroatoms. The largest absolute Gasteiger partial charge is 0.395 e. The molecule has 4 N–H and O–H groups in total. The molecule has 72 valence electrons. The molecule has 0 bridgehead atoms. The summed E-state index contributed by atoms with van der Waals surface area (Å²) in [5.41, 5.74) is 5.64. The second kappa shape index (κ2) is 4.80. The van der Waals surface area contributed by atoms with Crippen molar-refractivity contribution < 1.29 is 5.11 Å². The minimum Gasteiger partial charge on any atom is -0.395 e. The van der Waals surface area contributed by atoms with Crippen molar-refractivity contribution in [3.63, 3.8) is 0 Å². The summed E-state index contributed by atoms with van der Waals surface area (Å²) >= 11 is 0. The number of rotatable bonds is 4. The van der Waals surface area contributed by atoms with E-state index in [1.165, 1.54) is 19.3 Å². The van der Waals surface area contributed by atoms with E-state index in [1.807, 2.05) is 6.92 Å². The summed E-state index contributed by atoms with van der Waals surface area (Å²) in [5.74, 6) is 0.624. The molecule has 0 aromatic carbocycles. The van der Waals surface area contributed by atoms with Gasteiger partial charge in [-0.1, -0.05) is 6.42 Å². The number of hydrogen-bond donors (Lipinski definition) is 3. The van der Waals surface area contributed by atoms with E-state index in [4.69, 9.17) is 10.8 Å². The molecular formula is C9H20N2O. The number of aliphatic hydroxyl groups excluding tert-OH is 1. The van der Waals surface area contributed by atoms with E-state index in [1.54, 1.807) is 0 Å². The predicted octanol–water partition coefficient (Wildman–Crippen LogP) is 0.0842. The SMILES string of the molecule is CC(CO)NC1CCCC1CN. The Morgan fingerprint density at radius 1 is 1.58 bits per heavy atom. The second-order valence-electron chi connectivity index (χ2n) is 3.78. The van der Waals surface area contributed by atoms with Crippen LogP contribution in [0.5, 0.6) is 0 Å². The molecule has 3 nitrogen and oxygen atoms in total. The highest BCUT2D eigenvalue weighted by Crippen LogP contribution is 2.24. The molecule has 1 aliphatic carbocycles. The molecule has 1 rings (SSSR count). The lowest BCUT2D eigenvalue weighted by atomic mass is 10.0. The van der Waals surface area contributed by atoms with E-state index < -0.39 is 0 Å². The first-order valence-electron chi connectivity index (χ1n) is 4.85. The summed E-state index contributed by atoms with van der Waals surface area (Å²) in [6.45, 7) is 3.00. The van der Waals surface area contributed by atoms with Crippen molar-refractivity contribution in [2.45, 2.75) is 38.3 Å². The van der Waals surface area contributed by atoms with Gasteiger partial charge in [0.25, 0.3) is 0 Å². The third-order valence-corrected chi connectivity index (χ3v) is 2.73. The number of nitrogens with two attached hydrogens (primary N) is 1. The van der Waals surface area contributed by atoms with Gasteiger partial charge in [0.05, 0.1) is 6.61 Å². The van der Waals surface area contributed by atoms with Gasteiger partial charge in [-0.25, -0.2) is 0 Å². The van der Waals surface area contributed by atoms with E-state index in [2.05, 4.69) is 5.32 Å². The van der Waals surface area contributed by atoms with Crippen LogP contribution in [0.3, 0.4) is 0 Å². The summed E-state index contributed by atoms with van der Waals surface area (Å²) in [6, 6.07) is 0.749. The van der Waals surface area contributed by atoms with Gasteiger partial charge in [0.2, 0.25) is 0 Å². The summed E-state index contributed by atoms with van der Waals surface area (Å²) in [7, 11) is 0. The summed E-state index contributed by atoms with van der Waals surface area (Å²) in [5, 5.41) is 12.3. The predicted molar refractivity (Wildman–Crippen MR) is 49.9 cm³/mol. The highest BCUT2D eigenvalue weighted by Gasteiger charge is 2.26. The van der Waals surface area contributed by atoms with Crippen molar-refractivity contribution in [3.8, 4) is 0 Å². The van der Waals surface area contributed by atoms with Crippen LogP contribution >= 0.6 is 0 Å². The van der Waals surface area contributed by atoms with Crippen LogP contribution in [0.1, 0.15) is 26.2 Å². The lowest BCUT2D eigenvalue weighted by molar-refractivity contribution is 0.231. The Labute approximate surface area is 74.3 Å². The fourth-order valence-corrected chi connectivity index (χ4v) is 1.96. The Balaban J connectivity index is 2.30. The summed E-state index contributed by atoms with van der Waals surface area (Å²) in [4.78, 5) is 0.